The first kappa shape index (κ1) is 30.8. The van der Waals surface area contributed by atoms with Crippen LogP contribution in [0.5, 0.6) is 0 Å². The Kier molecular flexibility index (Phi) is 6.56. The fourth-order valence-corrected chi connectivity index (χ4v) is 8.64. The third-order valence-corrected chi connectivity index (χ3v) is 11.2. The van der Waals surface area contributed by atoms with Gasteiger partial charge in [-0.25, -0.2) is 4.98 Å². The number of fused-ring (bicyclic) bond motifs is 12. The van der Waals surface area contributed by atoms with Crippen molar-refractivity contribution in [2.75, 3.05) is 4.90 Å². The molecule has 0 aliphatic heterocycles. The summed E-state index contributed by atoms with van der Waals surface area (Å²) in [6.07, 6.45) is 0. The molecule has 0 unspecified atom stereocenters. The van der Waals surface area contributed by atoms with Crippen LogP contribution in [0.4, 0.5) is 17.1 Å². The van der Waals surface area contributed by atoms with Crippen LogP contribution in [0.3, 0.4) is 0 Å². The van der Waals surface area contributed by atoms with Crippen molar-refractivity contribution in [2.24, 2.45) is 0 Å². The zero-order valence-electron chi connectivity index (χ0n) is 30.1. The smallest absolute Gasteiger partial charge is 0.145 e. The predicted octanol–water partition coefficient (Wildman–Crippen LogP) is 14.3. The van der Waals surface area contributed by atoms with Crippen molar-refractivity contribution in [1.82, 2.24) is 9.55 Å². The molecule has 0 spiro atoms. The molecule has 5 heteroatoms. The Hall–Kier alpha value is -7.63. The first-order valence-corrected chi connectivity index (χ1v) is 18.9. The summed E-state index contributed by atoms with van der Waals surface area (Å²) in [5.74, 6) is 0.890. The van der Waals surface area contributed by atoms with E-state index in [0.29, 0.717) is 0 Å². The average molecular weight is 718 g/mol. The van der Waals surface area contributed by atoms with Crippen molar-refractivity contribution < 1.29 is 8.83 Å². The van der Waals surface area contributed by atoms with Crippen molar-refractivity contribution >= 4 is 93.5 Å². The molecule has 0 amide bonds. The van der Waals surface area contributed by atoms with Gasteiger partial charge in [0, 0.05) is 66.7 Å². The first-order chi connectivity index (χ1) is 27.8. The molecule has 0 atom stereocenters. The molecule has 262 valence electrons. The lowest BCUT2D eigenvalue weighted by molar-refractivity contribution is 0.668. The van der Waals surface area contributed by atoms with Crippen LogP contribution in [0, 0.1) is 0 Å². The van der Waals surface area contributed by atoms with Gasteiger partial charge in [-0.3, -0.25) is 4.57 Å². The van der Waals surface area contributed by atoms with E-state index in [1.54, 1.807) is 0 Å². The van der Waals surface area contributed by atoms with Crippen molar-refractivity contribution in [2.45, 2.75) is 0 Å². The number of para-hydroxylation sites is 3. The molecule has 12 rings (SSSR count). The minimum atomic E-state index is 0.844. The highest BCUT2D eigenvalue weighted by molar-refractivity contribution is 6.24. The van der Waals surface area contributed by atoms with Gasteiger partial charge in [-0.15, -0.1) is 0 Å². The number of hydrogen-bond acceptors (Lipinski definition) is 4. The number of benzene rings is 9. The fourth-order valence-electron chi connectivity index (χ4n) is 8.64. The second-order valence-electron chi connectivity index (χ2n) is 14.3. The van der Waals surface area contributed by atoms with Gasteiger partial charge in [0.25, 0.3) is 0 Å². The molecule has 0 bridgehead atoms. The van der Waals surface area contributed by atoms with Crippen LogP contribution < -0.4 is 4.90 Å². The van der Waals surface area contributed by atoms with Crippen molar-refractivity contribution in [3.05, 3.63) is 188 Å². The molecular formula is C51H31N3O2. The molecule has 9 aromatic carbocycles. The molecule has 12 aromatic rings. The number of rotatable bonds is 5. The Morgan fingerprint density at radius 3 is 1.64 bits per heavy atom. The van der Waals surface area contributed by atoms with E-state index < -0.39 is 0 Å². The van der Waals surface area contributed by atoms with Crippen LogP contribution in [-0.4, -0.2) is 9.55 Å². The number of aromatic nitrogens is 2. The largest absolute Gasteiger partial charge is 0.456 e. The molecule has 3 aromatic heterocycles. The van der Waals surface area contributed by atoms with E-state index in [2.05, 4.69) is 173 Å². The van der Waals surface area contributed by atoms with Gasteiger partial charge >= 0.3 is 0 Å². The van der Waals surface area contributed by atoms with Gasteiger partial charge in [-0.1, -0.05) is 103 Å². The lowest BCUT2D eigenvalue weighted by atomic mass is 10.00. The molecule has 0 radical (unpaired) electrons. The first-order valence-electron chi connectivity index (χ1n) is 18.9. The van der Waals surface area contributed by atoms with Crippen LogP contribution >= 0.6 is 0 Å². The number of hydrogen-bond donors (Lipinski definition) is 0. The van der Waals surface area contributed by atoms with Crippen LogP contribution in [0.2, 0.25) is 0 Å². The number of furan rings is 2. The number of anilines is 3. The van der Waals surface area contributed by atoms with E-state index in [1.807, 2.05) is 24.3 Å². The zero-order chi connectivity index (χ0) is 36.7. The Bertz CT molecular complexity index is 3480. The highest BCUT2D eigenvalue weighted by Gasteiger charge is 2.22. The monoisotopic (exact) mass is 717 g/mol. The minimum absolute atomic E-state index is 0.844. The maximum absolute atomic E-state index is 6.40. The molecule has 0 aliphatic rings. The highest BCUT2D eigenvalue weighted by Crippen LogP contribution is 2.43. The predicted molar refractivity (Wildman–Crippen MR) is 231 cm³/mol. The second-order valence-corrected chi connectivity index (χ2v) is 14.3. The van der Waals surface area contributed by atoms with E-state index in [0.717, 1.165) is 94.4 Å². The summed E-state index contributed by atoms with van der Waals surface area (Å²) in [5.41, 5.74) is 10.7. The van der Waals surface area contributed by atoms with Crippen LogP contribution in [0.25, 0.3) is 93.5 Å². The van der Waals surface area contributed by atoms with Gasteiger partial charge in [-0.05, 0) is 89.6 Å². The summed E-state index contributed by atoms with van der Waals surface area (Å²) in [5, 5.41) is 9.10. The molecule has 0 aliphatic carbocycles. The van der Waals surface area contributed by atoms with E-state index in [9.17, 15) is 0 Å². The summed E-state index contributed by atoms with van der Waals surface area (Å²) in [7, 11) is 0. The third kappa shape index (κ3) is 4.58. The summed E-state index contributed by atoms with van der Waals surface area (Å²) in [6, 6.07) is 66.0. The maximum atomic E-state index is 6.40. The standard InChI is InChI=1S/C51H31N3O2/c1-2-12-33(13-3-1)54-50-43-19-7-5-15-38(43)37-14-4-6-18-42(37)49(50)52-51(54)32-22-24-34(25-23-32)53(35-27-29-47-44(30-35)40-17-9-11-21-46(40)55-47)36-26-28-41-39-16-8-10-20-45(39)56-48(41)31-36/h1-31H. The molecular weight excluding hydrogens is 687 g/mol. The SMILES string of the molecule is c1ccc(-n2c(-c3ccc(N(c4ccc5c(c4)oc4ccccc45)c4ccc5oc6ccccc6c5c4)cc3)nc3c4ccccc4c4ccccc4c32)cc1. The van der Waals surface area contributed by atoms with Gasteiger partial charge in [0.15, 0.2) is 0 Å². The van der Waals surface area contributed by atoms with Gasteiger partial charge < -0.3 is 13.7 Å². The van der Waals surface area contributed by atoms with E-state index >= 15 is 0 Å². The van der Waals surface area contributed by atoms with Gasteiger partial charge in [0.05, 0.1) is 11.0 Å². The second kappa shape index (κ2) is 11.9. The Labute approximate surface area is 320 Å². The van der Waals surface area contributed by atoms with Crippen molar-refractivity contribution in [1.29, 1.82) is 0 Å². The van der Waals surface area contributed by atoms with E-state index in [1.165, 1.54) is 16.2 Å². The van der Waals surface area contributed by atoms with Crippen LogP contribution in [0.15, 0.2) is 197 Å². The number of nitrogens with zero attached hydrogens (tertiary/aromatic N) is 3. The summed E-state index contributed by atoms with van der Waals surface area (Å²) in [6.45, 7) is 0. The Morgan fingerprint density at radius 1 is 0.375 bits per heavy atom. The van der Waals surface area contributed by atoms with E-state index in [-0.39, 0.29) is 0 Å². The van der Waals surface area contributed by atoms with Crippen LogP contribution in [-0.2, 0) is 0 Å². The Morgan fingerprint density at radius 2 is 0.893 bits per heavy atom. The van der Waals surface area contributed by atoms with Crippen molar-refractivity contribution in [3.63, 3.8) is 0 Å². The number of imidazole rings is 1. The van der Waals surface area contributed by atoms with E-state index in [4.69, 9.17) is 13.8 Å². The Balaban J connectivity index is 1.07. The highest BCUT2D eigenvalue weighted by atomic mass is 16.3. The topological polar surface area (TPSA) is 47.3 Å². The molecule has 56 heavy (non-hydrogen) atoms. The molecule has 0 saturated heterocycles. The molecule has 0 fully saturated rings. The zero-order valence-corrected chi connectivity index (χ0v) is 30.1. The average Bonchev–Trinajstić information content (AvgIpc) is 3.96. The molecule has 5 nitrogen and oxygen atoms in total. The van der Waals surface area contributed by atoms with Crippen molar-refractivity contribution in [3.8, 4) is 17.1 Å². The third-order valence-electron chi connectivity index (χ3n) is 11.2. The summed E-state index contributed by atoms with van der Waals surface area (Å²) < 4.78 is 15.0. The minimum Gasteiger partial charge on any atom is -0.456 e. The summed E-state index contributed by atoms with van der Waals surface area (Å²) in [4.78, 5) is 7.76. The van der Waals surface area contributed by atoms with Gasteiger partial charge in [-0.2, -0.15) is 0 Å². The fraction of sp³-hybridized carbons (Fsp3) is 0. The summed E-state index contributed by atoms with van der Waals surface area (Å²) >= 11 is 0. The molecule has 0 N–H and O–H groups in total. The maximum Gasteiger partial charge on any atom is 0.145 e. The normalized spacial score (nSPS) is 11.9. The van der Waals surface area contributed by atoms with Gasteiger partial charge in [0.2, 0.25) is 0 Å². The lowest BCUT2D eigenvalue weighted by Gasteiger charge is -2.25. The quantitative estimate of drug-likeness (QED) is 0.166. The lowest BCUT2D eigenvalue weighted by Crippen LogP contribution is -2.09. The molecule has 0 saturated carbocycles. The van der Waals surface area contributed by atoms with Gasteiger partial charge in [0.1, 0.15) is 28.2 Å². The molecule has 3 heterocycles. The van der Waals surface area contributed by atoms with Crippen LogP contribution in [0.1, 0.15) is 0 Å².